The Morgan fingerprint density at radius 1 is 1.11 bits per heavy atom. The van der Waals surface area contributed by atoms with Crippen LogP contribution in [-0.2, 0) is 11.8 Å². The first-order valence-electron chi connectivity index (χ1n) is 9.13. The van der Waals surface area contributed by atoms with E-state index in [-0.39, 0.29) is 5.92 Å². The quantitative estimate of drug-likeness (QED) is 0.527. The number of benzene rings is 2. The van der Waals surface area contributed by atoms with Crippen LogP contribution in [0.1, 0.15) is 44.7 Å². The third kappa shape index (κ3) is 5.03. The first-order valence-corrected chi connectivity index (χ1v) is 10.3. The monoisotopic (exact) mass is 431 g/mol. The molecule has 7 heteroatoms. The van der Waals surface area contributed by atoms with E-state index in [1.165, 1.54) is 17.8 Å². The van der Waals surface area contributed by atoms with Crippen molar-refractivity contribution in [2.75, 3.05) is 0 Å². The number of hydrogen-bond donors (Lipinski definition) is 2. The lowest BCUT2D eigenvalue weighted by atomic mass is 9.76. The molecule has 2 aromatic rings. The van der Waals surface area contributed by atoms with Gasteiger partial charge in [-0.1, -0.05) is 62.7 Å². The first kappa shape index (κ1) is 23.1. The third-order valence-corrected chi connectivity index (χ3v) is 6.11. The largest absolute Gasteiger partial charge is 0.416 e. The highest BCUT2D eigenvalue weighted by Crippen LogP contribution is 2.41. The number of alkyl halides is 3. The number of nitrogens with two attached hydrogens (primary N) is 1. The van der Waals surface area contributed by atoms with Crippen LogP contribution < -0.4 is 5.73 Å². The van der Waals surface area contributed by atoms with Gasteiger partial charge in [0.25, 0.3) is 0 Å². The maximum Gasteiger partial charge on any atom is 0.416 e. The van der Waals surface area contributed by atoms with Gasteiger partial charge in [0, 0.05) is 26.4 Å². The standard InChI is InChI=1S/C21H25ClF3NOS/c1-4-6-19(26)20(27,13(2)3)17-10-9-16(12-18(17)22)28-15-8-5-7-14(11-15)21(23,24)25/h5,7-13,19,27H,4,6,26H2,1-3H3/t19?,20-/m1/s1. The second-order valence-corrected chi connectivity index (χ2v) is 8.70. The first-order chi connectivity index (χ1) is 13.0. The third-order valence-electron chi connectivity index (χ3n) is 4.81. The zero-order valence-corrected chi connectivity index (χ0v) is 17.6. The van der Waals surface area contributed by atoms with Gasteiger partial charge in [0.1, 0.15) is 5.60 Å². The van der Waals surface area contributed by atoms with Crippen molar-refractivity contribution in [3.05, 3.63) is 58.6 Å². The Labute approximate surface area is 173 Å². The average molecular weight is 432 g/mol. The van der Waals surface area contributed by atoms with Gasteiger partial charge in [-0.25, -0.2) is 0 Å². The summed E-state index contributed by atoms with van der Waals surface area (Å²) in [5.74, 6) is -0.159. The van der Waals surface area contributed by atoms with Crippen LogP contribution >= 0.6 is 23.4 Å². The lowest BCUT2D eigenvalue weighted by molar-refractivity contribution is -0.137. The van der Waals surface area contributed by atoms with Crippen LogP contribution in [0.5, 0.6) is 0 Å². The Balaban J connectivity index is 2.34. The molecule has 0 saturated heterocycles. The van der Waals surface area contributed by atoms with Gasteiger partial charge in [0.15, 0.2) is 0 Å². The normalized spacial score (nSPS) is 15.5. The SMILES string of the molecule is CCCC(N)[C@](O)(c1ccc(Sc2cccc(C(F)(F)F)c2)cc1Cl)C(C)C. The second kappa shape index (κ2) is 9.08. The molecule has 0 saturated carbocycles. The average Bonchev–Trinajstić information content (AvgIpc) is 2.60. The Morgan fingerprint density at radius 2 is 1.75 bits per heavy atom. The fourth-order valence-electron chi connectivity index (χ4n) is 3.23. The van der Waals surface area contributed by atoms with Gasteiger partial charge >= 0.3 is 6.18 Å². The highest BCUT2D eigenvalue weighted by molar-refractivity contribution is 7.99. The predicted octanol–water partition coefficient (Wildman–Crippen LogP) is 6.48. The molecule has 0 heterocycles. The van der Waals surface area contributed by atoms with Crippen molar-refractivity contribution in [3.8, 4) is 0 Å². The molecule has 1 unspecified atom stereocenters. The van der Waals surface area contributed by atoms with Crippen LogP contribution in [0.2, 0.25) is 5.02 Å². The van der Waals surface area contributed by atoms with Crippen molar-refractivity contribution in [1.82, 2.24) is 0 Å². The van der Waals surface area contributed by atoms with Crippen molar-refractivity contribution in [2.24, 2.45) is 11.7 Å². The minimum atomic E-state index is -4.39. The zero-order chi connectivity index (χ0) is 21.1. The Bertz CT molecular complexity index is 812. The maximum absolute atomic E-state index is 12.9. The summed E-state index contributed by atoms with van der Waals surface area (Å²) in [7, 11) is 0. The van der Waals surface area contributed by atoms with E-state index in [4.69, 9.17) is 17.3 Å². The number of halogens is 4. The summed E-state index contributed by atoms with van der Waals surface area (Å²) in [4.78, 5) is 1.14. The highest BCUT2D eigenvalue weighted by atomic mass is 35.5. The van der Waals surface area contributed by atoms with Crippen LogP contribution in [-0.4, -0.2) is 11.1 Å². The molecule has 0 amide bonds. The van der Waals surface area contributed by atoms with Gasteiger partial charge in [0.2, 0.25) is 0 Å². The summed E-state index contributed by atoms with van der Waals surface area (Å²) in [5.41, 5.74) is 4.82. The molecule has 0 fully saturated rings. The number of aliphatic hydroxyl groups is 1. The molecule has 2 atom stereocenters. The predicted molar refractivity (Wildman–Crippen MR) is 109 cm³/mol. The molecule has 0 bridgehead atoms. The Kier molecular flexibility index (Phi) is 7.48. The Morgan fingerprint density at radius 3 is 2.29 bits per heavy atom. The Hall–Kier alpha value is -1.21. The van der Waals surface area contributed by atoms with Gasteiger partial charge in [-0.15, -0.1) is 0 Å². The van der Waals surface area contributed by atoms with Crippen LogP contribution in [0.15, 0.2) is 52.3 Å². The van der Waals surface area contributed by atoms with E-state index in [0.717, 1.165) is 18.6 Å². The van der Waals surface area contributed by atoms with Gasteiger partial charge in [-0.3, -0.25) is 0 Å². The molecular formula is C21H25ClF3NOS. The van der Waals surface area contributed by atoms with Crippen molar-refractivity contribution >= 4 is 23.4 Å². The number of hydrogen-bond acceptors (Lipinski definition) is 3. The zero-order valence-electron chi connectivity index (χ0n) is 16.1. The lowest BCUT2D eigenvalue weighted by Gasteiger charge is -2.38. The molecule has 2 nitrogen and oxygen atoms in total. The maximum atomic E-state index is 12.9. The molecule has 2 aromatic carbocycles. The molecule has 0 aromatic heterocycles. The van der Waals surface area contributed by atoms with Gasteiger partial charge in [-0.2, -0.15) is 13.2 Å². The molecule has 0 aliphatic rings. The van der Waals surface area contributed by atoms with Crippen LogP contribution in [0.25, 0.3) is 0 Å². The van der Waals surface area contributed by atoms with Crippen LogP contribution in [0, 0.1) is 5.92 Å². The summed E-state index contributed by atoms with van der Waals surface area (Å²) in [6.07, 6.45) is -2.91. The van der Waals surface area contributed by atoms with Crippen molar-refractivity contribution in [2.45, 2.75) is 61.2 Å². The molecule has 154 valence electrons. The molecular weight excluding hydrogens is 407 g/mol. The summed E-state index contributed by atoms with van der Waals surface area (Å²) in [6, 6.07) is 9.79. The number of rotatable bonds is 7. The highest BCUT2D eigenvalue weighted by Gasteiger charge is 2.40. The van der Waals surface area contributed by atoms with E-state index in [1.54, 1.807) is 24.3 Å². The summed E-state index contributed by atoms with van der Waals surface area (Å²) < 4.78 is 38.7. The van der Waals surface area contributed by atoms with Crippen molar-refractivity contribution in [3.63, 3.8) is 0 Å². The van der Waals surface area contributed by atoms with Gasteiger partial charge < -0.3 is 10.8 Å². The molecule has 28 heavy (non-hydrogen) atoms. The van der Waals surface area contributed by atoms with E-state index >= 15 is 0 Å². The van der Waals surface area contributed by atoms with E-state index in [9.17, 15) is 18.3 Å². The summed E-state index contributed by atoms with van der Waals surface area (Å²) in [6.45, 7) is 5.77. The fourth-order valence-corrected chi connectivity index (χ4v) is 4.54. The molecule has 0 radical (unpaired) electrons. The lowest BCUT2D eigenvalue weighted by Crippen LogP contribution is -2.49. The van der Waals surface area contributed by atoms with Gasteiger partial charge in [0.05, 0.1) is 5.56 Å². The summed E-state index contributed by atoms with van der Waals surface area (Å²) in [5, 5.41) is 11.7. The molecule has 0 aliphatic heterocycles. The van der Waals surface area contributed by atoms with Gasteiger partial charge in [-0.05, 0) is 42.7 Å². The van der Waals surface area contributed by atoms with Crippen molar-refractivity contribution < 1.29 is 18.3 Å². The van der Waals surface area contributed by atoms with Crippen LogP contribution in [0.4, 0.5) is 13.2 Å². The molecule has 3 N–H and O–H groups in total. The molecule has 2 rings (SSSR count). The second-order valence-electron chi connectivity index (χ2n) is 7.14. The van der Waals surface area contributed by atoms with E-state index in [2.05, 4.69) is 0 Å². The minimum Gasteiger partial charge on any atom is -0.383 e. The molecule has 0 aliphatic carbocycles. The van der Waals surface area contributed by atoms with E-state index < -0.39 is 23.4 Å². The molecule has 0 spiro atoms. The minimum absolute atomic E-state index is 0.159. The fraction of sp³-hybridized carbons (Fsp3) is 0.429. The van der Waals surface area contributed by atoms with Crippen LogP contribution in [0.3, 0.4) is 0 Å². The van der Waals surface area contributed by atoms with E-state index in [0.29, 0.717) is 26.8 Å². The smallest absolute Gasteiger partial charge is 0.383 e. The van der Waals surface area contributed by atoms with E-state index in [1.807, 2.05) is 20.8 Å². The summed E-state index contributed by atoms with van der Waals surface area (Å²) >= 11 is 7.64. The topological polar surface area (TPSA) is 46.2 Å². The van der Waals surface area contributed by atoms with Crippen molar-refractivity contribution in [1.29, 1.82) is 0 Å².